The van der Waals surface area contributed by atoms with Gasteiger partial charge >= 0.3 is 0 Å². The molecule has 4 nitrogen and oxygen atoms in total. The Morgan fingerprint density at radius 3 is 2.80 bits per heavy atom. The second-order valence-corrected chi connectivity index (χ2v) is 6.39. The highest BCUT2D eigenvalue weighted by Gasteiger charge is 2.20. The van der Waals surface area contributed by atoms with Crippen molar-refractivity contribution < 1.29 is 0 Å². The smallest absolute Gasteiger partial charge is 0.267 e. The average molecular weight is 285 g/mol. The van der Waals surface area contributed by atoms with E-state index in [1.807, 2.05) is 24.3 Å². The van der Waals surface area contributed by atoms with Crippen LogP contribution < -0.4 is 5.56 Å². The summed E-state index contributed by atoms with van der Waals surface area (Å²) in [5.41, 5.74) is 0.709. The van der Waals surface area contributed by atoms with Crippen LogP contribution in [0.1, 0.15) is 43.0 Å². The van der Waals surface area contributed by atoms with E-state index in [1.165, 1.54) is 36.6 Å². The Morgan fingerprint density at radius 1 is 1.15 bits per heavy atom. The van der Waals surface area contributed by atoms with Crippen molar-refractivity contribution in [3.8, 4) is 0 Å². The Bertz CT molecular complexity index is 830. The first-order valence-electron chi connectivity index (χ1n) is 7.11. The second-order valence-electron chi connectivity index (χ2n) is 5.40. The summed E-state index contributed by atoms with van der Waals surface area (Å²) in [5, 5.41) is 6.26. The number of benzene rings is 1. The third-order valence-electron chi connectivity index (χ3n) is 4.07. The monoisotopic (exact) mass is 285 g/mol. The van der Waals surface area contributed by atoms with Gasteiger partial charge in [-0.3, -0.25) is 4.79 Å². The number of nitrogens with zero attached hydrogens (tertiary/aromatic N) is 3. The molecule has 0 bridgehead atoms. The number of fused-ring (bicyclic) bond motifs is 2. The van der Waals surface area contributed by atoms with Crippen molar-refractivity contribution in [2.24, 2.45) is 0 Å². The normalized spacial score (nSPS) is 17.0. The van der Waals surface area contributed by atoms with Crippen molar-refractivity contribution in [2.75, 3.05) is 0 Å². The minimum Gasteiger partial charge on any atom is -0.267 e. The van der Waals surface area contributed by atoms with E-state index in [4.69, 9.17) is 0 Å². The van der Waals surface area contributed by atoms with Crippen molar-refractivity contribution in [3.05, 3.63) is 39.6 Å². The van der Waals surface area contributed by atoms with Crippen LogP contribution in [0.25, 0.3) is 15.9 Å². The molecular weight excluding hydrogens is 270 g/mol. The van der Waals surface area contributed by atoms with Crippen LogP contribution in [0.4, 0.5) is 0 Å². The molecule has 0 unspecified atom stereocenters. The van der Waals surface area contributed by atoms with Gasteiger partial charge in [-0.15, -0.1) is 0 Å². The fourth-order valence-electron chi connectivity index (χ4n) is 2.98. The highest BCUT2D eigenvalue weighted by Crippen LogP contribution is 2.34. The molecule has 2 aromatic heterocycles. The summed E-state index contributed by atoms with van der Waals surface area (Å²) in [6, 6.07) is 7.48. The van der Waals surface area contributed by atoms with Crippen LogP contribution in [-0.4, -0.2) is 14.6 Å². The van der Waals surface area contributed by atoms with Gasteiger partial charge in [-0.25, -0.2) is 4.98 Å². The molecule has 3 aromatic rings. The lowest BCUT2D eigenvalue weighted by atomic mass is 9.90. The van der Waals surface area contributed by atoms with E-state index >= 15 is 0 Å². The van der Waals surface area contributed by atoms with Gasteiger partial charge in [0.25, 0.3) is 5.56 Å². The van der Waals surface area contributed by atoms with Gasteiger partial charge in [0.1, 0.15) is 5.01 Å². The summed E-state index contributed by atoms with van der Waals surface area (Å²) in [5.74, 6) is 0.512. The van der Waals surface area contributed by atoms with Crippen molar-refractivity contribution in [1.29, 1.82) is 0 Å². The topological polar surface area (TPSA) is 47.3 Å². The summed E-state index contributed by atoms with van der Waals surface area (Å²) in [6.07, 6.45) is 6.24. The molecule has 0 saturated heterocycles. The first-order chi connectivity index (χ1) is 9.83. The molecule has 0 atom stereocenters. The number of aromatic nitrogens is 3. The molecule has 0 aliphatic heterocycles. The van der Waals surface area contributed by atoms with Crippen molar-refractivity contribution in [2.45, 2.75) is 38.0 Å². The maximum absolute atomic E-state index is 12.5. The minimum absolute atomic E-state index is 0.0519. The standard InChI is InChI=1S/C15H15N3OS/c19-14-11-8-4-5-9-12(11)16-15-18(14)17-13(20-15)10-6-2-1-3-7-10/h4-5,8-10H,1-3,6-7H2. The van der Waals surface area contributed by atoms with Crippen LogP contribution in [0.3, 0.4) is 0 Å². The van der Waals surface area contributed by atoms with Crippen molar-refractivity contribution >= 4 is 27.2 Å². The maximum atomic E-state index is 12.5. The molecule has 20 heavy (non-hydrogen) atoms. The van der Waals surface area contributed by atoms with Gasteiger partial charge in [0.15, 0.2) is 0 Å². The van der Waals surface area contributed by atoms with Crippen molar-refractivity contribution in [1.82, 2.24) is 14.6 Å². The highest BCUT2D eigenvalue weighted by atomic mass is 32.1. The Balaban J connectivity index is 1.92. The third-order valence-corrected chi connectivity index (χ3v) is 5.14. The Labute approximate surface area is 120 Å². The van der Waals surface area contributed by atoms with Gasteiger partial charge in [-0.2, -0.15) is 9.61 Å². The maximum Gasteiger partial charge on any atom is 0.283 e. The molecule has 1 fully saturated rings. The van der Waals surface area contributed by atoms with Crippen LogP contribution >= 0.6 is 11.3 Å². The molecule has 0 spiro atoms. The molecular formula is C15H15N3OS. The number of rotatable bonds is 1. The molecule has 0 radical (unpaired) electrons. The fraction of sp³-hybridized carbons (Fsp3) is 0.400. The molecule has 0 amide bonds. The number of hydrogen-bond donors (Lipinski definition) is 0. The number of para-hydroxylation sites is 1. The second kappa shape index (κ2) is 4.66. The third kappa shape index (κ3) is 1.85. The van der Waals surface area contributed by atoms with E-state index in [-0.39, 0.29) is 5.56 Å². The lowest BCUT2D eigenvalue weighted by Crippen LogP contribution is -2.15. The molecule has 1 aliphatic rings. The zero-order chi connectivity index (χ0) is 13.5. The van der Waals surface area contributed by atoms with Gasteiger partial charge in [0.2, 0.25) is 4.96 Å². The van der Waals surface area contributed by atoms with E-state index in [1.54, 1.807) is 11.3 Å². The molecule has 1 aromatic carbocycles. The highest BCUT2D eigenvalue weighted by molar-refractivity contribution is 7.16. The number of hydrogen-bond acceptors (Lipinski definition) is 4. The molecule has 1 saturated carbocycles. The van der Waals surface area contributed by atoms with Crippen LogP contribution in [-0.2, 0) is 0 Å². The lowest BCUT2D eigenvalue weighted by Gasteiger charge is -2.18. The van der Waals surface area contributed by atoms with E-state index in [2.05, 4.69) is 10.1 Å². The molecule has 0 N–H and O–H groups in total. The zero-order valence-electron chi connectivity index (χ0n) is 11.1. The predicted octanol–water partition coefficient (Wildman–Crippen LogP) is 3.35. The van der Waals surface area contributed by atoms with Crippen molar-refractivity contribution in [3.63, 3.8) is 0 Å². The Kier molecular flexibility index (Phi) is 2.80. The SMILES string of the molecule is O=c1c2ccccc2nc2sc(C3CCCCC3)nn12. The van der Waals surface area contributed by atoms with E-state index in [0.717, 1.165) is 10.5 Å². The zero-order valence-corrected chi connectivity index (χ0v) is 11.9. The predicted molar refractivity (Wildman–Crippen MR) is 80.5 cm³/mol. The molecule has 5 heteroatoms. The summed E-state index contributed by atoms with van der Waals surface area (Å²) in [4.78, 5) is 17.7. The van der Waals surface area contributed by atoms with E-state index in [0.29, 0.717) is 16.3 Å². The molecule has 1 aliphatic carbocycles. The first-order valence-corrected chi connectivity index (χ1v) is 7.93. The lowest BCUT2D eigenvalue weighted by molar-refractivity contribution is 0.439. The quantitative estimate of drug-likeness (QED) is 0.689. The van der Waals surface area contributed by atoms with Gasteiger partial charge in [0.05, 0.1) is 10.9 Å². The average Bonchev–Trinajstić information content (AvgIpc) is 2.93. The van der Waals surface area contributed by atoms with Gasteiger partial charge in [-0.05, 0) is 25.0 Å². The minimum atomic E-state index is -0.0519. The van der Waals surface area contributed by atoms with Gasteiger partial charge in [-0.1, -0.05) is 42.7 Å². The van der Waals surface area contributed by atoms with E-state index in [9.17, 15) is 4.79 Å². The molecule has 2 heterocycles. The summed E-state index contributed by atoms with van der Waals surface area (Å²) < 4.78 is 1.48. The van der Waals surface area contributed by atoms with Gasteiger partial charge < -0.3 is 0 Å². The summed E-state index contributed by atoms with van der Waals surface area (Å²) in [6.45, 7) is 0. The Hall–Kier alpha value is -1.75. The van der Waals surface area contributed by atoms with Gasteiger partial charge in [0, 0.05) is 5.92 Å². The molecule has 4 rings (SSSR count). The summed E-state index contributed by atoms with van der Waals surface area (Å²) in [7, 11) is 0. The fourth-order valence-corrected chi connectivity index (χ4v) is 4.05. The Morgan fingerprint density at radius 2 is 1.95 bits per heavy atom. The first kappa shape index (κ1) is 12.0. The van der Waals surface area contributed by atoms with Crippen LogP contribution in [0.15, 0.2) is 29.1 Å². The molecule has 102 valence electrons. The van der Waals surface area contributed by atoms with Crippen LogP contribution in [0.2, 0.25) is 0 Å². The van der Waals surface area contributed by atoms with E-state index < -0.39 is 0 Å². The summed E-state index contributed by atoms with van der Waals surface area (Å²) >= 11 is 1.57. The van der Waals surface area contributed by atoms with Crippen LogP contribution in [0, 0.1) is 0 Å². The van der Waals surface area contributed by atoms with Crippen LogP contribution in [0.5, 0.6) is 0 Å². The largest absolute Gasteiger partial charge is 0.283 e.